The first-order valence-electron chi connectivity index (χ1n) is 12.3. The average Bonchev–Trinajstić information content (AvgIpc) is 3.34. The van der Waals surface area contributed by atoms with E-state index in [2.05, 4.69) is 20.3 Å². The Labute approximate surface area is 220 Å². The van der Waals surface area contributed by atoms with Gasteiger partial charge < -0.3 is 20.4 Å². The molecular formula is C26H32F4N6S. The molecule has 6 nitrogen and oxygen atoms in total. The average molecular weight is 537 g/mol. The monoisotopic (exact) mass is 536 g/mol. The number of piperidine rings is 1. The highest BCUT2D eigenvalue weighted by Crippen LogP contribution is 2.37. The van der Waals surface area contributed by atoms with Crippen LogP contribution >= 0.6 is 12.2 Å². The Morgan fingerprint density at radius 2 is 1.78 bits per heavy atom. The number of anilines is 2. The minimum atomic E-state index is -4.37. The molecule has 37 heavy (non-hydrogen) atoms. The molecule has 0 saturated carbocycles. The normalized spacial score (nSPS) is 19.3. The summed E-state index contributed by atoms with van der Waals surface area (Å²) in [6.07, 6.45) is -0.575. The van der Waals surface area contributed by atoms with Gasteiger partial charge in [-0.2, -0.15) is 18.3 Å². The van der Waals surface area contributed by atoms with Crippen LogP contribution in [0.3, 0.4) is 0 Å². The number of benzene rings is 2. The highest BCUT2D eigenvalue weighted by molar-refractivity contribution is 7.80. The zero-order valence-electron chi connectivity index (χ0n) is 20.9. The molecule has 1 atom stereocenters. The van der Waals surface area contributed by atoms with E-state index < -0.39 is 11.7 Å². The van der Waals surface area contributed by atoms with Crippen LogP contribution in [0.15, 0.2) is 41.5 Å². The number of likely N-dealkylation sites (N-methyl/N-ethyl adjacent to an activating group) is 1. The van der Waals surface area contributed by atoms with E-state index in [-0.39, 0.29) is 16.8 Å². The van der Waals surface area contributed by atoms with Gasteiger partial charge in [-0.25, -0.2) is 4.39 Å². The van der Waals surface area contributed by atoms with E-state index in [1.54, 1.807) is 6.07 Å². The first-order valence-corrected chi connectivity index (χ1v) is 12.7. The number of hydrazone groups is 1. The highest BCUT2D eigenvalue weighted by atomic mass is 32.1. The molecule has 200 valence electrons. The number of hydrogen-bond donors (Lipinski definition) is 2. The molecule has 0 bridgehead atoms. The molecule has 0 aromatic heterocycles. The fourth-order valence-corrected chi connectivity index (χ4v) is 5.21. The van der Waals surface area contributed by atoms with Crippen LogP contribution in [0.25, 0.3) is 0 Å². The zero-order chi connectivity index (χ0) is 26.7. The van der Waals surface area contributed by atoms with Crippen LogP contribution in [0.4, 0.5) is 28.9 Å². The van der Waals surface area contributed by atoms with Gasteiger partial charge in [0.25, 0.3) is 0 Å². The van der Waals surface area contributed by atoms with E-state index in [1.807, 2.05) is 25.1 Å². The van der Waals surface area contributed by atoms with Crippen molar-refractivity contribution in [2.45, 2.75) is 37.4 Å². The smallest absolute Gasteiger partial charge is 0.375 e. The van der Waals surface area contributed by atoms with E-state index in [9.17, 15) is 13.2 Å². The van der Waals surface area contributed by atoms with Crippen LogP contribution in [0, 0.1) is 5.82 Å². The van der Waals surface area contributed by atoms with Gasteiger partial charge in [-0.1, -0.05) is 18.2 Å². The SMILES string of the molecule is CN(C)[C@@H]1CCN(c2cc(N3CCC(c4cccc(C(F)(F)F)c4)CC3)c(F)cc2C=NNC(N)=S)C1. The first kappa shape index (κ1) is 27.1. The molecule has 2 heterocycles. The molecule has 11 heteroatoms. The van der Waals surface area contributed by atoms with Crippen molar-refractivity contribution in [1.29, 1.82) is 0 Å². The second-order valence-corrected chi connectivity index (χ2v) is 10.3. The molecule has 4 rings (SSSR count). The van der Waals surface area contributed by atoms with Crippen LogP contribution in [-0.4, -0.2) is 62.5 Å². The van der Waals surface area contributed by atoms with Gasteiger partial charge in [0.1, 0.15) is 5.82 Å². The molecule has 2 saturated heterocycles. The Hall–Kier alpha value is -2.92. The van der Waals surface area contributed by atoms with E-state index in [1.165, 1.54) is 24.4 Å². The van der Waals surface area contributed by atoms with Crippen molar-refractivity contribution in [2.24, 2.45) is 10.8 Å². The van der Waals surface area contributed by atoms with Crippen molar-refractivity contribution in [2.75, 3.05) is 50.1 Å². The van der Waals surface area contributed by atoms with Crippen molar-refractivity contribution in [3.8, 4) is 0 Å². The van der Waals surface area contributed by atoms with Gasteiger partial charge >= 0.3 is 6.18 Å². The lowest BCUT2D eigenvalue weighted by atomic mass is 9.88. The van der Waals surface area contributed by atoms with Crippen LogP contribution in [-0.2, 0) is 6.18 Å². The molecule has 2 fully saturated rings. The maximum Gasteiger partial charge on any atom is 0.416 e. The minimum Gasteiger partial charge on any atom is -0.375 e. The summed E-state index contributed by atoms with van der Waals surface area (Å²) in [5, 5.41) is 4.06. The minimum absolute atomic E-state index is 0.00176. The van der Waals surface area contributed by atoms with Crippen LogP contribution in [0.2, 0.25) is 0 Å². The molecule has 0 spiro atoms. The Morgan fingerprint density at radius 3 is 2.41 bits per heavy atom. The Bertz CT molecular complexity index is 1140. The fraction of sp³-hybridized carbons (Fsp3) is 0.462. The van der Waals surface area contributed by atoms with Crippen molar-refractivity contribution in [3.05, 3.63) is 58.9 Å². The van der Waals surface area contributed by atoms with Crippen molar-refractivity contribution in [3.63, 3.8) is 0 Å². The Kier molecular flexibility index (Phi) is 8.23. The third-order valence-electron chi connectivity index (χ3n) is 7.23. The Balaban J connectivity index is 1.55. The van der Waals surface area contributed by atoms with Crippen LogP contribution < -0.4 is 21.0 Å². The topological polar surface area (TPSA) is 60.1 Å². The second kappa shape index (κ2) is 11.2. The highest BCUT2D eigenvalue weighted by Gasteiger charge is 2.32. The molecule has 2 aliphatic heterocycles. The third kappa shape index (κ3) is 6.51. The summed E-state index contributed by atoms with van der Waals surface area (Å²) in [5.74, 6) is -0.375. The molecule has 3 N–H and O–H groups in total. The van der Waals surface area contributed by atoms with E-state index in [0.29, 0.717) is 48.8 Å². The van der Waals surface area contributed by atoms with Gasteiger partial charge in [0, 0.05) is 43.5 Å². The maximum atomic E-state index is 15.4. The number of thiocarbonyl (C=S) groups is 1. The lowest BCUT2D eigenvalue weighted by molar-refractivity contribution is -0.137. The quantitative estimate of drug-likeness (QED) is 0.245. The number of nitrogens with one attached hydrogen (secondary N) is 1. The molecular weight excluding hydrogens is 504 g/mol. The van der Waals surface area contributed by atoms with Gasteiger partial charge in [-0.05, 0) is 75.3 Å². The summed E-state index contributed by atoms with van der Waals surface area (Å²) in [6, 6.07) is 9.25. The van der Waals surface area contributed by atoms with E-state index in [0.717, 1.165) is 31.3 Å². The number of rotatable bonds is 6. The fourth-order valence-electron chi connectivity index (χ4n) is 5.16. The molecule has 2 aromatic carbocycles. The number of nitrogens with two attached hydrogens (primary N) is 1. The summed E-state index contributed by atoms with van der Waals surface area (Å²) in [7, 11) is 4.10. The number of hydrogen-bond acceptors (Lipinski definition) is 5. The summed E-state index contributed by atoms with van der Waals surface area (Å²) in [4.78, 5) is 6.40. The van der Waals surface area contributed by atoms with Crippen molar-refractivity contribution < 1.29 is 17.6 Å². The lowest BCUT2D eigenvalue weighted by Gasteiger charge is -2.35. The van der Waals surface area contributed by atoms with Gasteiger partial charge in [-0.15, -0.1) is 0 Å². The van der Waals surface area contributed by atoms with E-state index in [4.69, 9.17) is 18.0 Å². The largest absolute Gasteiger partial charge is 0.416 e. The molecule has 0 amide bonds. The van der Waals surface area contributed by atoms with Gasteiger partial charge in [-0.3, -0.25) is 5.43 Å². The molecule has 0 radical (unpaired) electrons. The number of nitrogens with zero attached hydrogens (tertiary/aromatic N) is 4. The van der Waals surface area contributed by atoms with Crippen molar-refractivity contribution in [1.82, 2.24) is 10.3 Å². The number of halogens is 4. The standard InChI is InChI=1S/C26H32F4N6S/c1-34(2)21-8-11-36(16-21)23-14-24(22(27)13-19(23)15-32-33-25(31)37)35-9-6-17(7-10-35)18-4-3-5-20(12-18)26(28,29)30/h3-5,12-15,17,21H,6-11,16H2,1-2H3,(H3,31,33,37)/t21-/m1/s1. The predicted molar refractivity (Wildman–Crippen MR) is 144 cm³/mol. The van der Waals surface area contributed by atoms with E-state index >= 15 is 4.39 Å². The molecule has 0 aliphatic carbocycles. The third-order valence-corrected chi connectivity index (χ3v) is 7.32. The Morgan fingerprint density at radius 1 is 1.08 bits per heavy atom. The lowest BCUT2D eigenvalue weighted by Crippen LogP contribution is -2.34. The van der Waals surface area contributed by atoms with Crippen molar-refractivity contribution >= 4 is 34.9 Å². The van der Waals surface area contributed by atoms with Gasteiger partial charge in [0.05, 0.1) is 17.5 Å². The predicted octanol–water partition coefficient (Wildman–Crippen LogP) is 4.54. The molecule has 2 aromatic rings. The summed E-state index contributed by atoms with van der Waals surface area (Å²) in [6.45, 7) is 2.73. The first-order chi connectivity index (χ1) is 17.5. The summed E-state index contributed by atoms with van der Waals surface area (Å²) >= 11 is 4.80. The summed E-state index contributed by atoms with van der Waals surface area (Å²) in [5.41, 5.74) is 10.00. The number of alkyl halides is 3. The summed E-state index contributed by atoms with van der Waals surface area (Å²) < 4.78 is 54.9. The van der Waals surface area contributed by atoms with Crippen LogP contribution in [0.1, 0.15) is 41.9 Å². The molecule has 0 unspecified atom stereocenters. The maximum absolute atomic E-state index is 15.4. The van der Waals surface area contributed by atoms with Gasteiger partial charge in [0.15, 0.2) is 5.11 Å². The van der Waals surface area contributed by atoms with Crippen LogP contribution in [0.5, 0.6) is 0 Å². The molecule has 2 aliphatic rings. The second-order valence-electron chi connectivity index (χ2n) is 9.83. The zero-order valence-corrected chi connectivity index (χ0v) is 21.7. The van der Waals surface area contributed by atoms with Gasteiger partial charge in [0.2, 0.25) is 0 Å².